The van der Waals surface area contributed by atoms with Crippen LogP contribution in [0.5, 0.6) is 5.75 Å². The summed E-state index contributed by atoms with van der Waals surface area (Å²) in [7, 11) is 1.45. The van der Waals surface area contributed by atoms with E-state index < -0.39 is 0 Å². The molecule has 0 unspecified atom stereocenters. The lowest BCUT2D eigenvalue weighted by Gasteiger charge is -2.07. The minimum Gasteiger partial charge on any atom is -0.494 e. The van der Waals surface area contributed by atoms with Crippen LogP contribution in [0.15, 0.2) is 32.5 Å². The summed E-state index contributed by atoms with van der Waals surface area (Å²) in [4.78, 5) is 1.18. The number of nitrogens with one attached hydrogen (secondary N) is 1. The molecule has 1 aromatic carbocycles. The van der Waals surface area contributed by atoms with Crippen molar-refractivity contribution in [2.24, 2.45) is 0 Å². The Morgan fingerprint density at radius 3 is 2.72 bits per heavy atom. The summed E-state index contributed by atoms with van der Waals surface area (Å²) >= 11 is 8.54. The van der Waals surface area contributed by atoms with E-state index in [4.69, 9.17) is 4.74 Å². The van der Waals surface area contributed by atoms with Gasteiger partial charge in [0, 0.05) is 27.6 Å². The average Bonchev–Trinajstić information content (AvgIpc) is 2.68. The lowest BCUT2D eigenvalue weighted by atomic mass is 10.3. The summed E-state index contributed by atoms with van der Waals surface area (Å²) in [6, 6.07) is 6.77. The van der Waals surface area contributed by atoms with Gasteiger partial charge in [-0.25, -0.2) is 4.39 Å². The SMILES string of the molecule is COc1cc(NCc2cc(Br)c(Br)s2)ccc1F. The van der Waals surface area contributed by atoms with Crippen molar-refractivity contribution in [2.45, 2.75) is 6.54 Å². The summed E-state index contributed by atoms with van der Waals surface area (Å²) in [5, 5.41) is 3.23. The molecule has 0 atom stereocenters. The molecule has 2 aromatic rings. The maximum atomic E-state index is 13.2. The lowest BCUT2D eigenvalue weighted by Crippen LogP contribution is -1.98. The Morgan fingerprint density at radius 2 is 2.11 bits per heavy atom. The zero-order valence-electron chi connectivity index (χ0n) is 9.47. The summed E-state index contributed by atoms with van der Waals surface area (Å²) in [6.07, 6.45) is 0. The normalized spacial score (nSPS) is 10.4. The molecule has 0 aliphatic heterocycles. The molecule has 0 aliphatic carbocycles. The molecular formula is C12H10Br2FNOS. The van der Waals surface area contributed by atoms with Crippen LogP contribution >= 0.6 is 43.2 Å². The molecule has 0 saturated heterocycles. The van der Waals surface area contributed by atoms with Crippen molar-refractivity contribution in [3.05, 3.63) is 43.2 Å². The summed E-state index contributed by atoms with van der Waals surface area (Å²) < 4.78 is 20.3. The number of halogens is 3. The first kappa shape index (κ1) is 13.8. The Balaban J connectivity index is 2.06. The number of rotatable bonds is 4. The molecule has 18 heavy (non-hydrogen) atoms. The van der Waals surface area contributed by atoms with Crippen molar-refractivity contribution in [1.82, 2.24) is 0 Å². The van der Waals surface area contributed by atoms with Crippen molar-refractivity contribution in [3.8, 4) is 5.75 Å². The van der Waals surface area contributed by atoms with E-state index in [1.54, 1.807) is 23.5 Å². The summed E-state index contributed by atoms with van der Waals surface area (Å²) in [5.41, 5.74) is 0.828. The molecule has 0 saturated carbocycles. The molecule has 2 rings (SSSR count). The highest BCUT2D eigenvalue weighted by Crippen LogP contribution is 2.32. The van der Waals surface area contributed by atoms with Crippen LogP contribution in [0.1, 0.15) is 4.88 Å². The van der Waals surface area contributed by atoms with Crippen LogP contribution in [0.25, 0.3) is 0 Å². The standard InChI is InChI=1S/C12H10Br2FNOS/c1-17-11-4-7(2-3-10(11)15)16-6-8-5-9(13)12(14)18-8/h2-5,16H,6H2,1H3. The second-order valence-electron chi connectivity index (χ2n) is 3.54. The van der Waals surface area contributed by atoms with Gasteiger partial charge in [0.1, 0.15) is 0 Å². The van der Waals surface area contributed by atoms with E-state index in [0.717, 1.165) is 13.9 Å². The predicted octanol–water partition coefficient (Wildman–Crippen LogP) is 5.03. The second-order valence-corrected chi connectivity index (χ2v) is 6.85. The zero-order chi connectivity index (χ0) is 13.1. The molecule has 0 aliphatic rings. The van der Waals surface area contributed by atoms with Gasteiger partial charge in [-0.1, -0.05) is 0 Å². The van der Waals surface area contributed by atoms with Crippen LogP contribution in [0.3, 0.4) is 0 Å². The van der Waals surface area contributed by atoms with Crippen molar-refractivity contribution in [2.75, 3.05) is 12.4 Å². The fourth-order valence-electron chi connectivity index (χ4n) is 1.44. The molecule has 0 radical (unpaired) electrons. The Hall–Kier alpha value is -0.590. The minimum absolute atomic E-state index is 0.244. The van der Waals surface area contributed by atoms with Gasteiger partial charge in [0.15, 0.2) is 11.6 Å². The maximum Gasteiger partial charge on any atom is 0.165 e. The summed E-state index contributed by atoms with van der Waals surface area (Å²) in [6.45, 7) is 0.684. The number of hydrogen-bond donors (Lipinski definition) is 1. The van der Waals surface area contributed by atoms with Gasteiger partial charge in [0.25, 0.3) is 0 Å². The Labute approximate surface area is 125 Å². The van der Waals surface area contributed by atoms with E-state index in [1.807, 2.05) is 6.07 Å². The monoisotopic (exact) mass is 393 g/mol. The third-order valence-electron chi connectivity index (χ3n) is 2.31. The molecular weight excluding hydrogens is 385 g/mol. The number of thiophene rings is 1. The number of hydrogen-bond acceptors (Lipinski definition) is 3. The van der Waals surface area contributed by atoms with E-state index in [9.17, 15) is 4.39 Å². The highest BCUT2D eigenvalue weighted by Gasteiger charge is 2.06. The molecule has 0 fully saturated rings. The molecule has 1 N–H and O–H groups in total. The molecule has 0 amide bonds. The van der Waals surface area contributed by atoms with Crippen LogP contribution in [0, 0.1) is 5.82 Å². The van der Waals surface area contributed by atoms with Gasteiger partial charge < -0.3 is 10.1 Å². The Morgan fingerprint density at radius 1 is 1.33 bits per heavy atom. The highest BCUT2D eigenvalue weighted by atomic mass is 79.9. The van der Waals surface area contributed by atoms with Gasteiger partial charge in [0.2, 0.25) is 0 Å². The third-order valence-corrected chi connectivity index (χ3v) is 5.57. The van der Waals surface area contributed by atoms with Crippen LogP contribution < -0.4 is 10.1 Å². The predicted molar refractivity (Wildman–Crippen MR) is 80.0 cm³/mol. The maximum absolute atomic E-state index is 13.2. The van der Waals surface area contributed by atoms with Gasteiger partial charge in [-0.3, -0.25) is 0 Å². The van der Waals surface area contributed by atoms with E-state index in [1.165, 1.54) is 18.1 Å². The average molecular weight is 395 g/mol. The molecule has 6 heteroatoms. The fraction of sp³-hybridized carbons (Fsp3) is 0.167. The Kier molecular flexibility index (Phi) is 4.64. The van der Waals surface area contributed by atoms with Crippen LogP contribution in [-0.4, -0.2) is 7.11 Å². The molecule has 1 heterocycles. The topological polar surface area (TPSA) is 21.3 Å². The van der Waals surface area contributed by atoms with E-state index in [-0.39, 0.29) is 11.6 Å². The molecule has 0 spiro atoms. The Bertz CT molecular complexity index is 540. The first-order chi connectivity index (χ1) is 8.60. The van der Waals surface area contributed by atoms with Crippen molar-refractivity contribution >= 4 is 48.9 Å². The number of benzene rings is 1. The second kappa shape index (κ2) is 6.04. The number of methoxy groups -OCH3 is 1. The van der Waals surface area contributed by atoms with E-state index >= 15 is 0 Å². The first-order valence-electron chi connectivity index (χ1n) is 5.11. The van der Waals surface area contributed by atoms with Crippen molar-refractivity contribution < 1.29 is 9.13 Å². The quantitative estimate of drug-likeness (QED) is 0.784. The molecule has 1 aromatic heterocycles. The van der Waals surface area contributed by atoms with Gasteiger partial charge in [-0.15, -0.1) is 11.3 Å². The number of ether oxygens (including phenoxy) is 1. The van der Waals surface area contributed by atoms with Gasteiger partial charge in [-0.05, 0) is 50.1 Å². The molecule has 0 bridgehead atoms. The van der Waals surface area contributed by atoms with E-state index in [0.29, 0.717) is 6.54 Å². The van der Waals surface area contributed by atoms with Crippen molar-refractivity contribution in [3.63, 3.8) is 0 Å². The smallest absolute Gasteiger partial charge is 0.165 e. The largest absolute Gasteiger partial charge is 0.494 e. The van der Waals surface area contributed by atoms with Crippen molar-refractivity contribution in [1.29, 1.82) is 0 Å². The third kappa shape index (κ3) is 3.24. The molecule has 96 valence electrons. The van der Waals surface area contributed by atoms with Gasteiger partial charge in [0.05, 0.1) is 10.9 Å². The minimum atomic E-state index is -0.357. The van der Waals surface area contributed by atoms with Crippen LogP contribution in [0.2, 0.25) is 0 Å². The first-order valence-corrected chi connectivity index (χ1v) is 7.51. The fourth-order valence-corrected chi connectivity index (χ4v) is 3.55. The van der Waals surface area contributed by atoms with Crippen LogP contribution in [0.4, 0.5) is 10.1 Å². The van der Waals surface area contributed by atoms with Gasteiger partial charge in [-0.2, -0.15) is 0 Å². The highest BCUT2D eigenvalue weighted by molar-refractivity contribution is 9.13. The van der Waals surface area contributed by atoms with E-state index in [2.05, 4.69) is 37.2 Å². The van der Waals surface area contributed by atoms with Crippen LogP contribution in [-0.2, 0) is 6.54 Å². The summed E-state index contributed by atoms with van der Waals surface area (Å²) in [5.74, 6) is -0.113. The zero-order valence-corrected chi connectivity index (χ0v) is 13.5. The van der Waals surface area contributed by atoms with Gasteiger partial charge >= 0.3 is 0 Å². The lowest BCUT2D eigenvalue weighted by molar-refractivity contribution is 0.387. The molecule has 2 nitrogen and oxygen atoms in total. The number of anilines is 1.